The molecule has 3 aromatic heterocycles. The summed E-state index contributed by atoms with van der Waals surface area (Å²) in [5.41, 5.74) is 0.776. The molecule has 0 radical (unpaired) electrons. The first-order chi connectivity index (χ1) is 14.2. The molecule has 29 heavy (non-hydrogen) atoms. The Labute approximate surface area is 181 Å². The highest BCUT2D eigenvalue weighted by Crippen LogP contribution is 2.25. The fourth-order valence-electron chi connectivity index (χ4n) is 3.06. The molecule has 1 saturated heterocycles. The van der Waals surface area contributed by atoms with E-state index in [1.165, 1.54) is 34.4 Å². The van der Waals surface area contributed by atoms with Gasteiger partial charge in [0.2, 0.25) is 5.91 Å². The van der Waals surface area contributed by atoms with Crippen molar-refractivity contribution in [3.63, 3.8) is 0 Å². The van der Waals surface area contributed by atoms with E-state index in [4.69, 9.17) is 0 Å². The summed E-state index contributed by atoms with van der Waals surface area (Å²) >= 11 is 4.38. The monoisotopic (exact) mass is 444 g/mol. The molecule has 0 aliphatic carbocycles. The maximum absolute atomic E-state index is 12.6. The highest BCUT2D eigenvalue weighted by Gasteiger charge is 2.22. The number of amides is 1. The average molecular weight is 445 g/mol. The Bertz CT molecular complexity index is 951. The van der Waals surface area contributed by atoms with Gasteiger partial charge in [-0.05, 0) is 23.6 Å². The summed E-state index contributed by atoms with van der Waals surface area (Å²) in [6, 6.07) is 9.60. The van der Waals surface area contributed by atoms with E-state index in [1.807, 2.05) is 46.0 Å². The van der Waals surface area contributed by atoms with E-state index in [-0.39, 0.29) is 11.7 Å². The van der Waals surface area contributed by atoms with Crippen molar-refractivity contribution in [2.45, 2.75) is 10.8 Å². The first-order valence-electron chi connectivity index (χ1n) is 9.27. The number of carbonyl (C=O) groups excluding carboxylic acids is 2. The van der Waals surface area contributed by atoms with Gasteiger partial charge in [-0.1, -0.05) is 23.9 Å². The van der Waals surface area contributed by atoms with Crippen LogP contribution in [0.4, 0.5) is 5.82 Å². The maximum Gasteiger partial charge on any atom is 0.228 e. The van der Waals surface area contributed by atoms with Crippen LogP contribution < -0.4 is 4.90 Å². The zero-order valence-electron chi connectivity index (χ0n) is 15.7. The fourth-order valence-corrected chi connectivity index (χ4v) is 5.55. The molecule has 0 aromatic carbocycles. The Morgan fingerprint density at radius 2 is 1.93 bits per heavy atom. The highest BCUT2D eigenvalue weighted by molar-refractivity contribution is 8.01. The van der Waals surface area contributed by atoms with Crippen molar-refractivity contribution in [1.82, 2.24) is 14.9 Å². The molecule has 0 spiro atoms. The molecule has 9 heteroatoms. The van der Waals surface area contributed by atoms with Gasteiger partial charge in [0.1, 0.15) is 5.82 Å². The Morgan fingerprint density at radius 1 is 1.07 bits per heavy atom. The third kappa shape index (κ3) is 5.23. The molecule has 6 nitrogen and oxygen atoms in total. The molecule has 0 N–H and O–H groups in total. The number of piperazine rings is 1. The number of hydrogen-bond acceptors (Lipinski definition) is 8. The van der Waals surface area contributed by atoms with Crippen LogP contribution in [0, 0.1) is 0 Å². The van der Waals surface area contributed by atoms with Gasteiger partial charge in [0.25, 0.3) is 0 Å². The molecule has 1 amide bonds. The van der Waals surface area contributed by atoms with Crippen LogP contribution in [-0.4, -0.2) is 58.5 Å². The minimum Gasteiger partial charge on any atom is -0.353 e. The second kappa shape index (κ2) is 9.51. The van der Waals surface area contributed by atoms with Crippen LogP contribution in [0.25, 0.3) is 0 Å². The van der Waals surface area contributed by atoms with E-state index in [1.54, 1.807) is 6.20 Å². The molecule has 0 atom stereocenters. The molecule has 0 unspecified atom stereocenters. The molecule has 0 bridgehead atoms. The topological polar surface area (TPSA) is 66.4 Å². The normalized spacial score (nSPS) is 14.2. The third-order valence-electron chi connectivity index (χ3n) is 4.59. The van der Waals surface area contributed by atoms with Gasteiger partial charge in [-0.3, -0.25) is 9.59 Å². The lowest BCUT2D eigenvalue weighted by atomic mass is 10.2. The molecule has 1 aliphatic heterocycles. The van der Waals surface area contributed by atoms with Gasteiger partial charge in [0.15, 0.2) is 10.1 Å². The van der Waals surface area contributed by atoms with Gasteiger partial charge in [-0.25, -0.2) is 9.97 Å². The number of aromatic nitrogens is 2. The van der Waals surface area contributed by atoms with Gasteiger partial charge in [0.05, 0.1) is 22.7 Å². The molecule has 4 rings (SSSR count). The van der Waals surface area contributed by atoms with Crippen LogP contribution in [0.2, 0.25) is 0 Å². The van der Waals surface area contributed by atoms with E-state index >= 15 is 0 Å². The summed E-state index contributed by atoms with van der Waals surface area (Å²) < 4.78 is 0.831. The van der Waals surface area contributed by atoms with Crippen LogP contribution in [0.1, 0.15) is 15.4 Å². The summed E-state index contributed by atoms with van der Waals surface area (Å²) in [4.78, 5) is 38.5. The number of hydrogen-bond donors (Lipinski definition) is 0. The summed E-state index contributed by atoms with van der Waals surface area (Å²) in [6.07, 6.45) is 2.10. The number of pyridine rings is 1. The number of thiophene rings is 1. The Hall–Kier alpha value is -2.23. The average Bonchev–Trinajstić information content (AvgIpc) is 3.45. The predicted molar refractivity (Wildman–Crippen MR) is 118 cm³/mol. The quantitative estimate of drug-likeness (QED) is 0.411. The first kappa shape index (κ1) is 20.1. The second-order valence-electron chi connectivity index (χ2n) is 6.53. The Morgan fingerprint density at radius 3 is 2.66 bits per heavy atom. The van der Waals surface area contributed by atoms with Crippen LogP contribution in [0.5, 0.6) is 0 Å². The van der Waals surface area contributed by atoms with Crippen molar-refractivity contribution >= 4 is 51.9 Å². The molecular weight excluding hydrogens is 424 g/mol. The minimum absolute atomic E-state index is 0.0992. The number of nitrogens with zero attached hydrogens (tertiary/aromatic N) is 4. The number of Topliss-reactive ketones (excluding diaryl/α,β-unsaturated/α-hetero) is 1. The van der Waals surface area contributed by atoms with Crippen LogP contribution in [0.3, 0.4) is 0 Å². The van der Waals surface area contributed by atoms with E-state index in [9.17, 15) is 9.59 Å². The maximum atomic E-state index is 12.6. The van der Waals surface area contributed by atoms with Gasteiger partial charge >= 0.3 is 0 Å². The Kier molecular flexibility index (Phi) is 6.58. The third-order valence-corrected chi connectivity index (χ3v) is 7.57. The van der Waals surface area contributed by atoms with Crippen molar-refractivity contribution in [2.75, 3.05) is 36.8 Å². The fraction of sp³-hybridized carbons (Fsp3) is 0.300. The summed E-state index contributed by atoms with van der Waals surface area (Å²) in [5.74, 6) is 1.54. The number of ketones is 1. The van der Waals surface area contributed by atoms with E-state index in [0.717, 1.165) is 33.8 Å². The standard InChI is InChI=1S/C20H20N4O2S3/c25-16(17-4-3-11-27-17)14-29-20-22-15(13-28-20)12-19(26)24-9-7-23(8-10-24)18-5-1-2-6-21-18/h1-6,11,13H,7-10,12,14H2. The summed E-state index contributed by atoms with van der Waals surface area (Å²) in [6.45, 7) is 2.95. The van der Waals surface area contributed by atoms with Gasteiger partial charge in [0, 0.05) is 37.8 Å². The number of carbonyl (C=O) groups is 2. The van der Waals surface area contributed by atoms with Crippen molar-refractivity contribution in [3.05, 3.63) is 57.9 Å². The van der Waals surface area contributed by atoms with Crippen molar-refractivity contribution in [2.24, 2.45) is 0 Å². The van der Waals surface area contributed by atoms with Crippen LogP contribution in [0.15, 0.2) is 51.6 Å². The molecule has 1 fully saturated rings. The van der Waals surface area contributed by atoms with Crippen molar-refractivity contribution < 1.29 is 9.59 Å². The zero-order chi connectivity index (χ0) is 20.1. The SMILES string of the molecule is O=C(CSc1nc(CC(=O)N2CCN(c3ccccn3)CC2)cs1)c1cccs1. The van der Waals surface area contributed by atoms with Gasteiger partial charge in [-0.15, -0.1) is 22.7 Å². The molecule has 4 heterocycles. The van der Waals surface area contributed by atoms with Gasteiger partial charge < -0.3 is 9.80 Å². The molecule has 1 aliphatic rings. The molecule has 150 valence electrons. The smallest absolute Gasteiger partial charge is 0.228 e. The van der Waals surface area contributed by atoms with E-state index in [2.05, 4.69) is 14.9 Å². The molecule has 0 saturated carbocycles. The second-order valence-corrected chi connectivity index (χ2v) is 9.55. The van der Waals surface area contributed by atoms with E-state index < -0.39 is 0 Å². The predicted octanol–water partition coefficient (Wildman–Crippen LogP) is 3.47. The number of thioether (sulfide) groups is 1. The molecule has 3 aromatic rings. The lowest BCUT2D eigenvalue weighted by molar-refractivity contribution is -0.130. The zero-order valence-corrected chi connectivity index (χ0v) is 18.1. The van der Waals surface area contributed by atoms with Crippen molar-refractivity contribution in [3.8, 4) is 0 Å². The van der Waals surface area contributed by atoms with Crippen LogP contribution in [-0.2, 0) is 11.2 Å². The van der Waals surface area contributed by atoms with Crippen molar-refractivity contribution in [1.29, 1.82) is 0 Å². The summed E-state index contributed by atoms with van der Waals surface area (Å²) in [7, 11) is 0. The molecular formula is C20H20N4O2S3. The lowest BCUT2D eigenvalue weighted by Gasteiger charge is -2.35. The van der Waals surface area contributed by atoms with Crippen LogP contribution >= 0.6 is 34.4 Å². The first-order valence-corrected chi connectivity index (χ1v) is 12.0. The van der Waals surface area contributed by atoms with Gasteiger partial charge in [-0.2, -0.15) is 0 Å². The summed E-state index contributed by atoms with van der Waals surface area (Å²) in [5, 5.41) is 3.82. The largest absolute Gasteiger partial charge is 0.353 e. The Balaban J connectivity index is 1.25. The number of rotatable bonds is 7. The number of anilines is 1. The lowest BCUT2D eigenvalue weighted by Crippen LogP contribution is -2.49. The number of thiazole rings is 1. The van der Waals surface area contributed by atoms with E-state index in [0.29, 0.717) is 25.3 Å². The minimum atomic E-state index is 0.0992. The highest BCUT2D eigenvalue weighted by atomic mass is 32.2.